The molecule has 0 bridgehead atoms. The van der Waals surface area contributed by atoms with Crippen LogP contribution in [0.4, 0.5) is 0 Å². The molecule has 0 radical (unpaired) electrons. The Bertz CT molecular complexity index is 272. The molecular weight excluding hydrogens is 188 g/mol. The van der Waals surface area contributed by atoms with E-state index in [2.05, 4.69) is 0 Å². The van der Waals surface area contributed by atoms with E-state index < -0.39 is 6.10 Å². The highest BCUT2D eigenvalue weighted by Gasteiger charge is 2.10. The smallest absolute Gasteiger partial charge is 0.165 e. The van der Waals surface area contributed by atoms with Gasteiger partial charge in [0.15, 0.2) is 5.78 Å². The van der Waals surface area contributed by atoms with E-state index in [1.165, 1.54) is 0 Å². The van der Waals surface area contributed by atoms with Crippen molar-refractivity contribution < 1.29 is 9.90 Å². The van der Waals surface area contributed by atoms with Crippen molar-refractivity contribution in [3.8, 4) is 0 Å². The van der Waals surface area contributed by atoms with Crippen molar-refractivity contribution in [1.82, 2.24) is 0 Å². The molecule has 3 heteroatoms. The summed E-state index contributed by atoms with van der Waals surface area (Å²) < 4.78 is 0. The Balaban J connectivity index is 2.59. The average molecular weight is 199 g/mol. The number of rotatable bonds is 4. The van der Waals surface area contributed by atoms with Crippen molar-refractivity contribution in [2.75, 3.05) is 5.88 Å². The van der Waals surface area contributed by atoms with Gasteiger partial charge in [-0.05, 0) is 0 Å². The third-order valence-electron chi connectivity index (χ3n) is 1.69. The van der Waals surface area contributed by atoms with Crippen molar-refractivity contribution in [3.05, 3.63) is 35.9 Å². The molecule has 0 fully saturated rings. The lowest BCUT2D eigenvalue weighted by Crippen LogP contribution is -2.14. The molecule has 1 aromatic carbocycles. The number of alkyl halides is 1. The Morgan fingerprint density at radius 2 is 2.00 bits per heavy atom. The third-order valence-corrected chi connectivity index (χ3v) is 2.05. The van der Waals surface area contributed by atoms with Crippen molar-refractivity contribution in [1.29, 1.82) is 0 Å². The summed E-state index contributed by atoms with van der Waals surface area (Å²) in [6, 6.07) is 8.88. The molecule has 1 unspecified atom stereocenters. The van der Waals surface area contributed by atoms with Crippen molar-refractivity contribution in [2.24, 2.45) is 0 Å². The summed E-state index contributed by atoms with van der Waals surface area (Å²) in [4.78, 5) is 11.4. The first kappa shape index (κ1) is 10.2. The van der Waals surface area contributed by atoms with Gasteiger partial charge in [0.05, 0.1) is 6.10 Å². The van der Waals surface area contributed by atoms with Gasteiger partial charge >= 0.3 is 0 Å². The van der Waals surface area contributed by atoms with Crippen LogP contribution in [0.25, 0.3) is 0 Å². The van der Waals surface area contributed by atoms with Crippen LogP contribution in [0.5, 0.6) is 0 Å². The standard InChI is InChI=1S/C10H11ClO2/c11-7-9(12)6-10(13)8-4-2-1-3-5-8/h1-5,9,12H,6-7H2. The van der Waals surface area contributed by atoms with Crippen LogP contribution in [0.15, 0.2) is 30.3 Å². The number of hydrogen-bond donors (Lipinski definition) is 1. The highest BCUT2D eigenvalue weighted by molar-refractivity contribution is 6.18. The van der Waals surface area contributed by atoms with Gasteiger partial charge in [-0.1, -0.05) is 30.3 Å². The fraction of sp³-hybridized carbons (Fsp3) is 0.300. The van der Waals surface area contributed by atoms with Crippen molar-refractivity contribution >= 4 is 17.4 Å². The molecule has 13 heavy (non-hydrogen) atoms. The molecule has 0 aliphatic rings. The van der Waals surface area contributed by atoms with Gasteiger partial charge in [-0.15, -0.1) is 11.6 Å². The van der Waals surface area contributed by atoms with E-state index in [1.54, 1.807) is 24.3 Å². The average Bonchev–Trinajstić information content (AvgIpc) is 2.19. The van der Waals surface area contributed by atoms with E-state index in [4.69, 9.17) is 16.7 Å². The molecule has 0 saturated carbocycles. The van der Waals surface area contributed by atoms with Gasteiger partial charge in [-0.25, -0.2) is 0 Å². The second-order valence-electron chi connectivity index (χ2n) is 2.80. The number of hydrogen-bond acceptors (Lipinski definition) is 2. The largest absolute Gasteiger partial charge is 0.391 e. The lowest BCUT2D eigenvalue weighted by Gasteiger charge is -2.04. The number of benzene rings is 1. The lowest BCUT2D eigenvalue weighted by atomic mass is 10.1. The second kappa shape index (κ2) is 5.00. The van der Waals surface area contributed by atoms with Crippen LogP contribution >= 0.6 is 11.6 Å². The van der Waals surface area contributed by atoms with Gasteiger partial charge in [0.2, 0.25) is 0 Å². The van der Waals surface area contributed by atoms with E-state index in [9.17, 15) is 4.79 Å². The Labute approximate surface area is 82.2 Å². The molecule has 1 N–H and O–H groups in total. The minimum Gasteiger partial charge on any atom is -0.391 e. The van der Waals surface area contributed by atoms with Crippen LogP contribution in [0.2, 0.25) is 0 Å². The Morgan fingerprint density at radius 1 is 1.38 bits per heavy atom. The topological polar surface area (TPSA) is 37.3 Å². The normalized spacial score (nSPS) is 12.5. The molecule has 0 saturated heterocycles. The quantitative estimate of drug-likeness (QED) is 0.592. The summed E-state index contributed by atoms with van der Waals surface area (Å²) in [5.41, 5.74) is 0.617. The van der Waals surface area contributed by atoms with E-state index >= 15 is 0 Å². The predicted molar refractivity (Wildman–Crippen MR) is 52.1 cm³/mol. The Morgan fingerprint density at radius 3 is 2.54 bits per heavy atom. The number of ketones is 1. The maximum atomic E-state index is 11.4. The first-order valence-electron chi connectivity index (χ1n) is 4.06. The van der Waals surface area contributed by atoms with Crippen LogP contribution in [-0.4, -0.2) is 22.9 Å². The molecule has 2 nitrogen and oxygen atoms in total. The predicted octanol–water partition coefficient (Wildman–Crippen LogP) is 1.86. The van der Waals surface area contributed by atoms with Gasteiger partial charge in [0.25, 0.3) is 0 Å². The molecular formula is C10H11ClO2. The van der Waals surface area contributed by atoms with Crippen LogP contribution in [-0.2, 0) is 0 Å². The van der Waals surface area contributed by atoms with Crippen LogP contribution < -0.4 is 0 Å². The highest BCUT2D eigenvalue weighted by Crippen LogP contribution is 2.05. The fourth-order valence-electron chi connectivity index (χ4n) is 1.01. The van der Waals surface area contributed by atoms with E-state index in [0.717, 1.165) is 0 Å². The maximum absolute atomic E-state index is 11.4. The van der Waals surface area contributed by atoms with Crippen molar-refractivity contribution in [3.63, 3.8) is 0 Å². The number of Topliss-reactive ketones (excluding diaryl/α,β-unsaturated/α-hetero) is 1. The molecule has 0 heterocycles. The first-order valence-corrected chi connectivity index (χ1v) is 4.59. The molecule has 0 amide bonds. The van der Waals surface area contributed by atoms with Crippen LogP contribution in [0.3, 0.4) is 0 Å². The molecule has 0 aliphatic heterocycles. The number of carbonyl (C=O) groups is 1. The van der Waals surface area contributed by atoms with Gasteiger partial charge in [0, 0.05) is 17.9 Å². The summed E-state index contributed by atoms with van der Waals surface area (Å²) in [5, 5.41) is 9.14. The minimum absolute atomic E-state index is 0.0752. The maximum Gasteiger partial charge on any atom is 0.165 e. The minimum atomic E-state index is -0.741. The lowest BCUT2D eigenvalue weighted by molar-refractivity contribution is 0.0904. The zero-order valence-electron chi connectivity index (χ0n) is 7.11. The molecule has 70 valence electrons. The SMILES string of the molecule is O=C(CC(O)CCl)c1ccccc1. The molecule has 0 spiro atoms. The summed E-state index contributed by atoms with van der Waals surface area (Å²) in [7, 11) is 0. The summed E-state index contributed by atoms with van der Waals surface area (Å²) >= 11 is 5.38. The van der Waals surface area contributed by atoms with Gasteiger partial charge in [-0.2, -0.15) is 0 Å². The monoisotopic (exact) mass is 198 g/mol. The van der Waals surface area contributed by atoms with E-state index in [1.807, 2.05) is 6.07 Å². The van der Waals surface area contributed by atoms with Crippen molar-refractivity contribution in [2.45, 2.75) is 12.5 Å². The second-order valence-corrected chi connectivity index (χ2v) is 3.11. The summed E-state index contributed by atoms with van der Waals surface area (Å²) in [6.45, 7) is 0. The first-order chi connectivity index (χ1) is 6.24. The zero-order valence-corrected chi connectivity index (χ0v) is 7.87. The Hall–Kier alpha value is -0.860. The van der Waals surface area contributed by atoms with Gasteiger partial charge in [-0.3, -0.25) is 4.79 Å². The molecule has 1 aromatic rings. The van der Waals surface area contributed by atoms with E-state index in [-0.39, 0.29) is 18.1 Å². The molecule has 0 aliphatic carbocycles. The van der Waals surface area contributed by atoms with Crippen LogP contribution in [0, 0.1) is 0 Å². The van der Waals surface area contributed by atoms with Crippen LogP contribution in [0.1, 0.15) is 16.8 Å². The fourth-order valence-corrected chi connectivity index (χ4v) is 1.12. The van der Waals surface area contributed by atoms with Gasteiger partial charge in [0.1, 0.15) is 0 Å². The third kappa shape index (κ3) is 3.17. The molecule has 0 aromatic heterocycles. The number of carbonyl (C=O) groups excluding carboxylic acids is 1. The summed E-state index contributed by atoms with van der Waals surface area (Å²) in [5.74, 6) is 0.0206. The highest BCUT2D eigenvalue weighted by atomic mass is 35.5. The zero-order chi connectivity index (χ0) is 9.68. The number of halogens is 1. The van der Waals surface area contributed by atoms with E-state index in [0.29, 0.717) is 5.56 Å². The number of aliphatic hydroxyl groups excluding tert-OH is 1. The molecule has 1 atom stereocenters. The Kier molecular flexibility index (Phi) is 3.93. The number of aliphatic hydroxyl groups is 1. The van der Waals surface area contributed by atoms with Gasteiger partial charge < -0.3 is 5.11 Å². The summed E-state index contributed by atoms with van der Waals surface area (Å²) in [6.07, 6.45) is -0.651. The molecule has 1 rings (SSSR count).